The highest BCUT2D eigenvalue weighted by atomic mass is 32.1. The Labute approximate surface area is 152 Å². The van der Waals surface area contributed by atoms with Gasteiger partial charge in [0.25, 0.3) is 5.91 Å². The molecule has 3 rings (SSSR count). The van der Waals surface area contributed by atoms with Crippen LogP contribution >= 0.6 is 11.3 Å². The Morgan fingerprint density at radius 2 is 1.96 bits per heavy atom. The van der Waals surface area contributed by atoms with Crippen LogP contribution in [-0.4, -0.2) is 55.5 Å². The van der Waals surface area contributed by atoms with E-state index in [1.807, 2.05) is 0 Å². The van der Waals surface area contributed by atoms with Crippen LogP contribution in [0.2, 0.25) is 0 Å². The highest BCUT2D eigenvalue weighted by Crippen LogP contribution is 2.23. The molecule has 5 nitrogen and oxygen atoms in total. The van der Waals surface area contributed by atoms with E-state index < -0.39 is 0 Å². The van der Waals surface area contributed by atoms with E-state index >= 15 is 0 Å². The summed E-state index contributed by atoms with van der Waals surface area (Å²) < 4.78 is 0. The molecule has 25 heavy (non-hydrogen) atoms. The molecule has 130 valence electrons. The number of nitrogens with zero attached hydrogens (tertiary/aromatic N) is 3. The van der Waals surface area contributed by atoms with Crippen LogP contribution in [0.25, 0.3) is 0 Å². The standard InChI is InChI=1S/C19H22N4OS/c1-22-7-9-23(10-8-22)18(17-6-11-25-14-17)13-21-19(24)16-4-2-15(12-20)3-5-16/h2-6,11,14,18H,7-10,13H2,1H3,(H,21,24)/t18-/m0/s1. The Kier molecular flexibility index (Phi) is 5.82. The summed E-state index contributed by atoms with van der Waals surface area (Å²) in [6.07, 6.45) is 0. The summed E-state index contributed by atoms with van der Waals surface area (Å²) in [5, 5.41) is 16.2. The van der Waals surface area contributed by atoms with E-state index in [4.69, 9.17) is 5.26 Å². The fourth-order valence-electron chi connectivity index (χ4n) is 3.04. The predicted octanol–water partition coefficient (Wildman–Crippen LogP) is 2.34. The first-order valence-electron chi connectivity index (χ1n) is 8.40. The average molecular weight is 354 g/mol. The summed E-state index contributed by atoms with van der Waals surface area (Å²) in [6.45, 7) is 4.68. The molecular weight excluding hydrogens is 332 g/mol. The largest absolute Gasteiger partial charge is 0.350 e. The lowest BCUT2D eigenvalue weighted by Crippen LogP contribution is -2.48. The second-order valence-electron chi connectivity index (χ2n) is 6.31. The molecule has 0 unspecified atom stereocenters. The lowest BCUT2D eigenvalue weighted by Gasteiger charge is -2.38. The summed E-state index contributed by atoms with van der Waals surface area (Å²) >= 11 is 1.69. The molecule has 1 atom stereocenters. The van der Waals surface area contributed by atoms with Crippen LogP contribution in [-0.2, 0) is 0 Å². The summed E-state index contributed by atoms with van der Waals surface area (Å²) in [5.41, 5.74) is 2.40. The summed E-state index contributed by atoms with van der Waals surface area (Å²) in [5.74, 6) is -0.0983. The fourth-order valence-corrected chi connectivity index (χ4v) is 3.75. The number of likely N-dealkylation sites (N-methyl/N-ethyl adjacent to an activating group) is 1. The first-order valence-corrected chi connectivity index (χ1v) is 9.34. The van der Waals surface area contributed by atoms with Gasteiger partial charge < -0.3 is 10.2 Å². The summed E-state index contributed by atoms with van der Waals surface area (Å²) in [4.78, 5) is 17.2. The van der Waals surface area contributed by atoms with Crippen molar-refractivity contribution in [3.63, 3.8) is 0 Å². The molecule has 0 radical (unpaired) electrons. The van der Waals surface area contributed by atoms with Gasteiger partial charge in [-0.3, -0.25) is 9.69 Å². The number of rotatable bonds is 5. The highest BCUT2D eigenvalue weighted by Gasteiger charge is 2.24. The molecule has 1 saturated heterocycles. The number of thiophene rings is 1. The first kappa shape index (κ1) is 17.6. The summed E-state index contributed by atoms with van der Waals surface area (Å²) in [6, 6.07) is 11.1. The second kappa shape index (κ2) is 8.26. The third-order valence-corrected chi connectivity index (χ3v) is 5.34. The van der Waals surface area contributed by atoms with Crippen molar-refractivity contribution in [1.29, 1.82) is 5.26 Å². The molecule has 1 aromatic heterocycles. The Balaban J connectivity index is 1.66. The van der Waals surface area contributed by atoms with Gasteiger partial charge in [-0.15, -0.1) is 0 Å². The minimum Gasteiger partial charge on any atom is -0.350 e. The van der Waals surface area contributed by atoms with Crippen LogP contribution in [0.5, 0.6) is 0 Å². The zero-order chi connectivity index (χ0) is 17.6. The lowest BCUT2D eigenvalue weighted by atomic mass is 10.1. The van der Waals surface area contributed by atoms with Crippen LogP contribution in [0.15, 0.2) is 41.1 Å². The zero-order valence-corrected chi connectivity index (χ0v) is 15.1. The number of hydrogen-bond donors (Lipinski definition) is 1. The molecular formula is C19H22N4OS. The predicted molar refractivity (Wildman–Crippen MR) is 99.6 cm³/mol. The van der Waals surface area contributed by atoms with Gasteiger partial charge in [0.1, 0.15) is 0 Å². The van der Waals surface area contributed by atoms with Gasteiger partial charge in [0, 0.05) is 38.3 Å². The molecule has 2 aromatic rings. The van der Waals surface area contributed by atoms with E-state index in [-0.39, 0.29) is 11.9 Å². The molecule has 1 amide bonds. The monoisotopic (exact) mass is 354 g/mol. The van der Waals surface area contributed by atoms with Crippen molar-refractivity contribution < 1.29 is 4.79 Å². The Morgan fingerprint density at radius 1 is 1.24 bits per heavy atom. The first-order chi connectivity index (χ1) is 12.2. The maximum absolute atomic E-state index is 12.4. The number of benzene rings is 1. The van der Waals surface area contributed by atoms with Gasteiger partial charge in [-0.2, -0.15) is 16.6 Å². The smallest absolute Gasteiger partial charge is 0.251 e. The maximum Gasteiger partial charge on any atom is 0.251 e. The lowest BCUT2D eigenvalue weighted by molar-refractivity contribution is 0.0887. The molecule has 0 spiro atoms. The minimum atomic E-state index is -0.0983. The molecule has 2 heterocycles. The quantitative estimate of drug-likeness (QED) is 0.895. The number of nitriles is 1. The molecule has 0 saturated carbocycles. The fraction of sp³-hybridized carbons (Fsp3) is 0.368. The Bertz CT molecular complexity index is 728. The van der Waals surface area contributed by atoms with Crippen molar-refractivity contribution in [2.24, 2.45) is 0 Å². The van der Waals surface area contributed by atoms with Gasteiger partial charge >= 0.3 is 0 Å². The summed E-state index contributed by atoms with van der Waals surface area (Å²) in [7, 11) is 2.14. The molecule has 1 N–H and O–H groups in total. The molecule has 1 aliphatic rings. The topological polar surface area (TPSA) is 59.4 Å². The average Bonchev–Trinajstić information content (AvgIpc) is 3.17. The van der Waals surface area contributed by atoms with Gasteiger partial charge in [0.05, 0.1) is 17.7 Å². The van der Waals surface area contributed by atoms with Crippen molar-refractivity contribution in [1.82, 2.24) is 15.1 Å². The van der Waals surface area contributed by atoms with Crippen molar-refractivity contribution in [3.8, 4) is 6.07 Å². The third kappa shape index (κ3) is 4.45. The van der Waals surface area contributed by atoms with Crippen molar-refractivity contribution in [2.75, 3.05) is 39.8 Å². The number of piperazine rings is 1. The van der Waals surface area contributed by atoms with E-state index in [1.54, 1.807) is 35.6 Å². The van der Waals surface area contributed by atoms with Gasteiger partial charge in [0.15, 0.2) is 0 Å². The maximum atomic E-state index is 12.4. The van der Waals surface area contributed by atoms with Crippen LogP contribution in [0.3, 0.4) is 0 Å². The zero-order valence-electron chi connectivity index (χ0n) is 14.3. The van der Waals surface area contributed by atoms with Gasteiger partial charge in [0.2, 0.25) is 0 Å². The van der Waals surface area contributed by atoms with E-state index in [0.717, 1.165) is 26.2 Å². The van der Waals surface area contributed by atoms with Crippen LogP contribution in [0, 0.1) is 11.3 Å². The van der Waals surface area contributed by atoms with Crippen LogP contribution in [0.4, 0.5) is 0 Å². The second-order valence-corrected chi connectivity index (χ2v) is 7.09. The minimum absolute atomic E-state index is 0.0983. The SMILES string of the molecule is CN1CCN([C@@H](CNC(=O)c2ccc(C#N)cc2)c2ccsc2)CC1. The highest BCUT2D eigenvalue weighted by molar-refractivity contribution is 7.07. The number of hydrogen-bond acceptors (Lipinski definition) is 5. The Morgan fingerprint density at radius 3 is 2.56 bits per heavy atom. The van der Waals surface area contributed by atoms with Crippen molar-refractivity contribution >= 4 is 17.2 Å². The molecule has 1 aromatic carbocycles. The molecule has 1 fully saturated rings. The van der Waals surface area contributed by atoms with Gasteiger partial charge in [-0.05, 0) is 53.7 Å². The van der Waals surface area contributed by atoms with E-state index in [1.165, 1.54) is 5.56 Å². The number of carbonyl (C=O) groups is 1. The van der Waals surface area contributed by atoms with Crippen molar-refractivity contribution in [2.45, 2.75) is 6.04 Å². The number of carbonyl (C=O) groups excluding carboxylic acids is 1. The van der Waals surface area contributed by atoms with E-state index in [0.29, 0.717) is 17.7 Å². The number of nitrogens with one attached hydrogen (secondary N) is 1. The number of amides is 1. The van der Waals surface area contributed by atoms with E-state index in [9.17, 15) is 4.79 Å². The van der Waals surface area contributed by atoms with E-state index in [2.05, 4.69) is 45.1 Å². The van der Waals surface area contributed by atoms with Crippen LogP contribution in [0.1, 0.15) is 27.5 Å². The van der Waals surface area contributed by atoms with Gasteiger partial charge in [-0.1, -0.05) is 0 Å². The molecule has 1 aliphatic heterocycles. The van der Waals surface area contributed by atoms with Crippen molar-refractivity contribution in [3.05, 3.63) is 57.8 Å². The molecule has 0 aliphatic carbocycles. The van der Waals surface area contributed by atoms with Crippen LogP contribution < -0.4 is 5.32 Å². The molecule has 0 bridgehead atoms. The van der Waals surface area contributed by atoms with Gasteiger partial charge in [-0.25, -0.2) is 0 Å². The normalized spacial score (nSPS) is 17.0. The Hall–Kier alpha value is -2.20. The third-order valence-electron chi connectivity index (χ3n) is 4.64. The molecule has 6 heteroatoms.